The van der Waals surface area contributed by atoms with Gasteiger partial charge >= 0.3 is 5.69 Å². The molecular formula is C19H14N4O2. The van der Waals surface area contributed by atoms with Crippen LogP contribution in [0.3, 0.4) is 0 Å². The van der Waals surface area contributed by atoms with Gasteiger partial charge in [-0.1, -0.05) is 60.7 Å². The van der Waals surface area contributed by atoms with Gasteiger partial charge in [-0.05, 0) is 16.8 Å². The minimum atomic E-state index is -0.449. The van der Waals surface area contributed by atoms with Crippen molar-refractivity contribution in [2.75, 3.05) is 0 Å². The summed E-state index contributed by atoms with van der Waals surface area (Å²) in [5, 5.41) is 22.7. The van der Waals surface area contributed by atoms with Crippen LogP contribution in [0, 0.1) is 0 Å². The lowest BCUT2D eigenvalue weighted by atomic mass is 10.0. The summed E-state index contributed by atoms with van der Waals surface area (Å²) in [7, 11) is 0. The van der Waals surface area contributed by atoms with Crippen molar-refractivity contribution in [3.05, 3.63) is 82.8 Å². The number of nitrogens with zero attached hydrogens (tertiary/aromatic N) is 3. The fourth-order valence-corrected chi connectivity index (χ4v) is 2.71. The zero-order chi connectivity index (χ0) is 17.2. The Balaban J connectivity index is 1.84. The number of aromatic nitrogens is 3. The van der Waals surface area contributed by atoms with Gasteiger partial charge < -0.3 is 5.11 Å². The van der Waals surface area contributed by atoms with Crippen molar-refractivity contribution in [1.29, 1.82) is 0 Å². The third kappa shape index (κ3) is 2.70. The van der Waals surface area contributed by atoms with E-state index in [0.29, 0.717) is 11.4 Å². The van der Waals surface area contributed by atoms with E-state index in [1.807, 2.05) is 60.7 Å². The van der Waals surface area contributed by atoms with Crippen LogP contribution in [0.25, 0.3) is 22.2 Å². The fourth-order valence-electron chi connectivity index (χ4n) is 2.71. The summed E-state index contributed by atoms with van der Waals surface area (Å²) in [6.45, 7) is 0. The predicted molar refractivity (Wildman–Crippen MR) is 96.9 cm³/mol. The van der Waals surface area contributed by atoms with Gasteiger partial charge in [0.05, 0.1) is 6.21 Å². The molecule has 0 fully saturated rings. The Kier molecular flexibility index (Phi) is 3.63. The Morgan fingerprint density at radius 3 is 2.60 bits per heavy atom. The van der Waals surface area contributed by atoms with Gasteiger partial charge in [0, 0.05) is 11.1 Å². The second-order valence-electron chi connectivity index (χ2n) is 5.49. The highest BCUT2D eigenvalue weighted by molar-refractivity contribution is 6.02. The molecule has 6 nitrogen and oxygen atoms in total. The summed E-state index contributed by atoms with van der Waals surface area (Å²) in [6.07, 6.45) is 1.47. The number of nitrogens with one attached hydrogen (secondary N) is 1. The molecule has 0 unspecified atom stereocenters. The first-order valence-electron chi connectivity index (χ1n) is 7.72. The molecule has 0 spiro atoms. The fraction of sp³-hybridized carbons (Fsp3) is 0. The van der Waals surface area contributed by atoms with E-state index in [9.17, 15) is 9.90 Å². The molecule has 0 atom stereocenters. The second kappa shape index (κ2) is 6.09. The van der Waals surface area contributed by atoms with E-state index in [1.54, 1.807) is 6.07 Å². The van der Waals surface area contributed by atoms with Crippen molar-refractivity contribution in [3.63, 3.8) is 0 Å². The molecule has 25 heavy (non-hydrogen) atoms. The van der Waals surface area contributed by atoms with Crippen molar-refractivity contribution in [3.8, 4) is 17.1 Å². The summed E-state index contributed by atoms with van der Waals surface area (Å²) in [5.41, 5.74) is 0.861. The molecular weight excluding hydrogens is 316 g/mol. The molecule has 0 aliphatic carbocycles. The van der Waals surface area contributed by atoms with Gasteiger partial charge in [0.25, 0.3) is 0 Å². The monoisotopic (exact) mass is 330 g/mol. The van der Waals surface area contributed by atoms with Gasteiger partial charge in [-0.25, -0.2) is 9.89 Å². The summed E-state index contributed by atoms with van der Waals surface area (Å²) < 4.78 is 1.18. The zero-order valence-corrected chi connectivity index (χ0v) is 13.1. The number of hydrogen-bond donors (Lipinski definition) is 2. The van der Waals surface area contributed by atoms with E-state index in [-0.39, 0.29) is 5.75 Å². The lowest BCUT2D eigenvalue weighted by molar-refractivity contribution is 0.475. The van der Waals surface area contributed by atoms with Crippen LogP contribution < -0.4 is 5.69 Å². The molecule has 1 aromatic heterocycles. The molecule has 0 aliphatic rings. The molecule has 0 radical (unpaired) electrons. The number of fused-ring (bicyclic) bond motifs is 1. The van der Waals surface area contributed by atoms with Crippen LogP contribution in [0.5, 0.6) is 5.75 Å². The molecule has 4 rings (SSSR count). The first-order valence-corrected chi connectivity index (χ1v) is 7.72. The molecule has 6 heteroatoms. The van der Waals surface area contributed by atoms with Crippen LogP contribution in [0.1, 0.15) is 5.56 Å². The van der Waals surface area contributed by atoms with Crippen LogP contribution in [0.15, 0.2) is 76.6 Å². The maximum Gasteiger partial charge on any atom is 0.364 e. The minimum Gasteiger partial charge on any atom is -0.507 e. The van der Waals surface area contributed by atoms with E-state index < -0.39 is 5.69 Å². The third-order valence-electron chi connectivity index (χ3n) is 3.93. The molecule has 0 aliphatic heterocycles. The number of benzene rings is 3. The molecule has 2 N–H and O–H groups in total. The van der Waals surface area contributed by atoms with Gasteiger partial charge in [-0.2, -0.15) is 14.9 Å². The van der Waals surface area contributed by atoms with Gasteiger partial charge in [0.15, 0.2) is 5.82 Å². The second-order valence-corrected chi connectivity index (χ2v) is 5.49. The topological polar surface area (TPSA) is 83.3 Å². The molecule has 0 bridgehead atoms. The lowest BCUT2D eigenvalue weighted by Crippen LogP contribution is -2.13. The van der Waals surface area contributed by atoms with Crippen molar-refractivity contribution >= 4 is 17.0 Å². The SMILES string of the molecule is O=c1[nH]nc(-c2ccccc2)n1N=Cc1c(O)ccc2ccccc12. The normalized spacial score (nSPS) is 11.4. The Hall–Kier alpha value is -3.67. The van der Waals surface area contributed by atoms with E-state index in [0.717, 1.165) is 16.3 Å². The van der Waals surface area contributed by atoms with Crippen LogP contribution in [-0.2, 0) is 0 Å². The Morgan fingerprint density at radius 1 is 1.00 bits per heavy atom. The highest BCUT2D eigenvalue weighted by Gasteiger charge is 2.10. The maximum atomic E-state index is 12.1. The number of phenols is 1. The van der Waals surface area contributed by atoms with Crippen LogP contribution in [-0.4, -0.2) is 26.2 Å². The predicted octanol–water partition coefficient (Wildman–Crippen LogP) is 2.98. The average molecular weight is 330 g/mol. The Morgan fingerprint density at radius 2 is 1.76 bits per heavy atom. The van der Waals surface area contributed by atoms with E-state index >= 15 is 0 Å². The molecule has 0 amide bonds. The minimum absolute atomic E-state index is 0.0975. The van der Waals surface area contributed by atoms with Gasteiger partial charge in [-0.15, -0.1) is 0 Å². The highest BCUT2D eigenvalue weighted by atomic mass is 16.3. The summed E-state index contributed by atoms with van der Waals surface area (Å²) >= 11 is 0. The van der Waals surface area contributed by atoms with Crippen LogP contribution in [0.2, 0.25) is 0 Å². The first-order chi connectivity index (χ1) is 12.2. The first kappa shape index (κ1) is 14.9. The quantitative estimate of drug-likeness (QED) is 0.567. The van der Waals surface area contributed by atoms with Gasteiger partial charge in [0.1, 0.15) is 5.75 Å². The standard InChI is InChI=1S/C19H14N4O2/c24-17-11-10-13-6-4-5-9-15(13)16(17)12-20-23-18(21-22-19(23)25)14-7-2-1-3-8-14/h1-12,24H,(H,22,25). The van der Waals surface area contributed by atoms with Crippen molar-refractivity contribution in [2.45, 2.75) is 0 Å². The van der Waals surface area contributed by atoms with Gasteiger partial charge in [0.2, 0.25) is 0 Å². The largest absolute Gasteiger partial charge is 0.507 e. The van der Waals surface area contributed by atoms with E-state index in [4.69, 9.17) is 0 Å². The van der Waals surface area contributed by atoms with Crippen molar-refractivity contribution in [2.24, 2.45) is 5.10 Å². The smallest absolute Gasteiger partial charge is 0.364 e. The van der Waals surface area contributed by atoms with E-state index in [2.05, 4.69) is 15.3 Å². The molecule has 0 saturated heterocycles. The molecule has 4 aromatic rings. The lowest BCUT2D eigenvalue weighted by Gasteiger charge is -2.05. The zero-order valence-electron chi connectivity index (χ0n) is 13.1. The molecule has 1 heterocycles. The molecule has 3 aromatic carbocycles. The molecule has 122 valence electrons. The number of aromatic hydroxyl groups is 1. The average Bonchev–Trinajstić information content (AvgIpc) is 3.02. The van der Waals surface area contributed by atoms with E-state index in [1.165, 1.54) is 10.9 Å². The highest BCUT2D eigenvalue weighted by Crippen LogP contribution is 2.25. The number of H-pyrrole nitrogens is 1. The van der Waals surface area contributed by atoms with Crippen LogP contribution in [0.4, 0.5) is 0 Å². The molecule has 0 saturated carbocycles. The number of hydrogen-bond acceptors (Lipinski definition) is 4. The maximum absolute atomic E-state index is 12.1. The number of rotatable bonds is 3. The Bertz CT molecular complexity index is 1130. The summed E-state index contributed by atoms with van der Waals surface area (Å²) in [4.78, 5) is 12.1. The Labute approximate surface area is 142 Å². The van der Waals surface area contributed by atoms with Gasteiger partial charge in [-0.3, -0.25) is 0 Å². The number of phenolic OH excluding ortho intramolecular Hbond substituents is 1. The van der Waals surface area contributed by atoms with Crippen molar-refractivity contribution < 1.29 is 5.11 Å². The summed E-state index contributed by atoms with van der Waals surface area (Å²) in [6, 6.07) is 20.4. The third-order valence-corrected chi connectivity index (χ3v) is 3.93. The van der Waals surface area contributed by atoms with Crippen molar-refractivity contribution in [1.82, 2.24) is 14.9 Å². The number of aromatic amines is 1. The van der Waals surface area contributed by atoms with Crippen LogP contribution >= 0.6 is 0 Å². The summed E-state index contributed by atoms with van der Waals surface area (Å²) in [5.74, 6) is 0.502.